The summed E-state index contributed by atoms with van der Waals surface area (Å²) in [5, 5.41) is 39.5. The van der Waals surface area contributed by atoms with Crippen LogP contribution in [0, 0.1) is 0 Å². The number of aromatic hydroxyl groups is 3. The summed E-state index contributed by atoms with van der Waals surface area (Å²) in [5.74, 6) is -2.39. The number of carbonyl (C=O) groups is 2. The summed E-state index contributed by atoms with van der Waals surface area (Å²) in [6.07, 6.45) is 2.62. The Morgan fingerprint density at radius 1 is 1.00 bits per heavy atom. The predicted molar refractivity (Wildman–Crippen MR) is 90.2 cm³/mol. The number of carboxylic acid groups (broad SMARTS) is 1. The van der Waals surface area contributed by atoms with Crippen LogP contribution in [0.4, 0.5) is 0 Å². The van der Waals surface area contributed by atoms with Crippen LogP contribution in [0.2, 0.25) is 0 Å². The van der Waals surface area contributed by atoms with Crippen molar-refractivity contribution < 1.29 is 30.0 Å². The third-order valence-electron chi connectivity index (χ3n) is 3.41. The molecule has 2 aromatic carbocycles. The molecule has 0 aromatic heterocycles. The molecule has 0 aliphatic rings. The lowest BCUT2D eigenvalue weighted by Crippen LogP contribution is -2.41. The molecule has 2 aromatic rings. The van der Waals surface area contributed by atoms with Crippen LogP contribution in [-0.4, -0.2) is 38.3 Å². The number of carboxylic acids is 1. The fourth-order valence-corrected chi connectivity index (χ4v) is 2.11. The third-order valence-corrected chi connectivity index (χ3v) is 3.41. The standard InChI is InChI=1S/C18H17NO6/c20-13-5-1-11(2-6-13)4-8-17(23)19-14(18(24)25)9-12-3-7-15(21)16(22)10-12/h1-8,10,14,20-22H,9H2,(H,19,23)(H,24,25)/t14-/m0/s1. The first-order valence-corrected chi connectivity index (χ1v) is 7.36. The summed E-state index contributed by atoms with van der Waals surface area (Å²) in [4.78, 5) is 23.2. The molecule has 0 heterocycles. The van der Waals surface area contributed by atoms with Gasteiger partial charge in [0.25, 0.3) is 0 Å². The summed E-state index contributed by atoms with van der Waals surface area (Å²) in [7, 11) is 0. The van der Waals surface area contributed by atoms with E-state index in [1.54, 1.807) is 12.1 Å². The predicted octanol–water partition coefficient (Wildman–Crippen LogP) is 1.63. The Morgan fingerprint density at radius 2 is 1.68 bits per heavy atom. The second-order valence-corrected chi connectivity index (χ2v) is 5.35. The van der Waals surface area contributed by atoms with Crippen molar-refractivity contribution in [1.82, 2.24) is 5.32 Å². The molecule has 0 radical (unpaired) electrons. The SMILES string of the molecule is O=C(C=Cc1ccc(O)cc1)N[C@@H](Cc1ccc(O)c(O)c1)C(=O)O. The van der Waals surface area contributed by atoms with Crippen molar-refractivity contribution in [2.24, 2.45) is 0 Å². The van der Waals surface area contributed by atoms with Crippen molar-refractivity contribution in [1.29, 1.82) is 0 Å². The Labute approximate surface area is 143 Å². The summed E-state index contributed by atoms with van der Waals surface area (Å²) in [6.45, 7) is 0. The van der Waals surface area contributed by atoms with Crippen LogP contribution in [0.15, 0.2) is 48.5 Å². The summed E-state index contributed by atoms with van der Waals surface area (Å²) in [5.41, 5.74) is 1.12. The number of rotatable bonds is 6. The summed E-state index contributed by atoms with van der Waals surface area (Å²) in [6, 6.07) is 8.90. The van der Waals surface area contributed by atoms with Gasteiger partial charge in [-0.1, -0.05) is 18.2 Å². The van der Waals surface area contributed by atoms with Crippen LogP contribution < -0.4 is 5.32 Å². The van der Waals surface area contributed by atoms with Gasteiger partial charge in [-0.2, -0.15) is 0 Å². The molecule has 0 saturated carbocycles. The van der Waals surface area contributed by atoms with Crippen LogP contribution in [-0.2, 0) is 16.0 Å². The number of hydrogen-bond donors (Lipinski definition) is 5. The molecular weight excluding hydrogens is 326 g/mol. The molecular formula is C18H17NO6. The van der Waals surface area contributed by atoms with E-state index < -0.39 is 17.9 Å². The Hall–Kier alpha value is -3.48. The highest BCUT2D eigenvalue weighted by Crippen LogP contribution is 2.25. The lowest BCUT2D eigenvalue weighted by atomic mass is 10.1. The molecule has 2 rings (SSSR count). The van der Waals surface area contributed by atoms with E-state index in [9.17, 15) is 30.0 Å². The number of phenols is 3. The van der Waals surface area contributed by atoms with E-state index in [4.69, 9.17) is 0 Å². The van der Waals surface area contributed by atoms with E-state index in [0.717, 1.165) is 0 Å². The average Bonchev–Trinajstić information content (AvgIpc) is 2.57. The highest BCUT2D eigenvalue weighted by Gasteiger charge is 2.20. The molecule has 0 unspecified atom stereocenters. The topological polar surface area (TPSA) is 127 Å². The molecule has 1 atom stereocenters. The minimum Gasteiger partial charge on any atom is -0.508 e. The zero-order valence-electron chi connectivity index (χ0n) is 13.1. The van der Waals surface area contributed by atoms with Gasteiger partial charge in [-0.3, -0.25) is 4.79 Å². The lowest BCUT2D eigenvalue weighted by molar-refractivity contribution is -0.141. The Kier molecular flexibility index (Phi) is 5.62. The maximum atomic E-state index is 11.9. The van der Waals surface area contributed by atoms with Gasteiger partial charge in [-0.25, -0.2) is 4.79 Å². The van der Waals surface area contributed by atoms with Crippen LogP contribution in [0.3, 0.4) is 0 Å². The molecule has 7 nitrogen and oxygen atoms in total. The average molecular weight is 343 g/mol. The second-order valence-electron chi connectivity index (χ2n) is 5.35. The zero-order valence-corrected chi connectivity index (χ0v) is 13.1. The molecule has 0 aliphatic carbocycles. The number of nitrogens with one attached hydrogen (secondary N) is 1. The molecule has 0 spiro atoms. The molecule has 0 saturated heterocycles. The third kappa shape index (κ3) is 5.28. The van der Waals surface area contributed by atoms with Crippen molar-refractivity contribution in [3.63, 3.8) is 0 Å². The number of carbonyl (C=O) groups excluding carboxylic acids is 1. The van der Waals surface area contributed by atoms with Gasteiger partial charge in [0.1, 0.15) is 11.8 Å². The minimum absolute atomic E-state index is 0.0536. The van der Waals surface area contributed by atoms with E-state index >= 15 is 0 Å². The largest absolute Gasteiger partial charge is 0.508 e. The van der Waals surface area contributed by atoms with E-state index in [1.165, 1.54) is 42.5 Å². The molecule has 7 heteroatoms. The first kappa shape index (κ1) is 17.9. The zero-order chi connectivity index (χ0) is 18.4. The van der Waals surface area contributed by atoms with E-state index in [0.29, 0.717) is 11.1 Å². The maximum absolute atomic E-state index is 11.9. The smallest absolute Gasteiger partial charge is 0.326 e. The number of phenolic OH excluding ortho intramolecular Hbond substituents is 3. The normalized spacial score (nSPS) is 12.0. The van der Waals surface area contributed by atoms with Gasteiger partial charge < -0.3 is 25.7 Å². The van der Waals surface area contributed by atoms with Gasteiger partial charge in [-0.15, -0.1) is 0 Å². The quantitative estimate of drug-likeness (QED) is 0.401. The molecule has 0 aliphatic heterocycles. The maximum Gasteiger partial charge on any atom is 0.326 e. The van der Waals surface area contributed by atoms with Gasteiger partial charge in [0.05, 0.1) is 0 Å². The van der Waals surface area contributed by atoms with E-state index in [2.05, 4.69) is 5.32 Å². The molecule has 25 heavy (non-hydrogen) atoms. The molecule has 5 N–H and O–H groups in total. The van der Waals surface area contributed by atoms with Gasteiger partial charge in [0, 0.05) is 12.5 Å². The first-order valence-electron chi connectivity index (χ1n) is 7.36. The number of hydrogen-bond acceptors (Lipinski definition) is 5. The van der Waals surface area contributed by atoms with Crippen molar-refractivity contribution in [3.05, 3.63) is 59.7 Å². The number of benzene rings is 2. The van der Waals surface area contributed by atoms with Crippen LogP contribution in [0.25, 0.3) is 6.08 Å². The molecule has 0 bridgehead atoms. The second kappa shape index (κ2) is 7.87. The number of aliphatic carboxylic acids is 1. The number of amides is 1. The van der Waals surface area contributed by atoms with Crippen molar-refractivity contribution in [2.45, 2.75) is 12.5 Å². The van der Waals surface area contributed by atoms with Crippen LogP contribution in [0.5, 0.6) is 17.2 Å². The van der Waals surface area contributed by atoms with Gasteiger partial charge >= 0.3 is 5.97 Å². The Morgan fingerprint density at radius 3 is 2.28 bits per heavy atom. The van der Waals surface area contributed by atoms with Gasteiger partial charge in [-0.05, 0) is 41.5 Å². The molecule has 130 valence electrons. The first-order chi connectivity index (χ1) is 11.8. The van der Waals surface area contributed by atoms with Gasteiger partial charge in [0.2, 0.25) is 5.91 Å². The Balaban J connectivity index is 2.02. The van der Waals surface area contributed by atoms with Crippen molar-refractivity contribution in [2.75, 3.05) is 0 Å². The van der Waals surface area contributed by atoms with Crippen LogP contribution in [0.1, 0.15) is 11.1 Å². The lowest BCUT2D eigenvalue weighted by Gasteiger charge is -2.13. The van der Waals surface area contributed by atoms with Crippen LogP contribution >= 0.6 is 0 Å². The fourth-order valence-electron chi connectivity index (χ4n) is 2.11. The summed E-state index contributed by atoms with van der Waals surface area (Å²) >= 11 is 0. The molecule has 0 fully saturated rings. The van der Waals surface area contributed by atoms with Crippen molar-refractivity contribution >= 4 is 18.0 Å². The minimum atomic E-state index is -1.22. The van der Waals surface area contributed by atoms with Gasteiger partial charge in [0.15, 0.2) is 11.5 Å². The highest BCUT2D eigenvalue weighted by atomic mass is 16.4. The van der Waals surface area contributed by atoms with Crippen molar-refractivity contribution in [3.8, 4) is 17.2 Å². The summed E-state index contributed by atoms with van der Waals surface area (Å²) < 4.78 is 0. The molecule has 1 amide bonds. The van der Waals surface area contributed by atoms with E-state index in [1.807, 2.05) is 0 Å². The Bertz CT molecular complexity index is 798. The highest BCUT2D eigenvalue weighted by molar-refractivity contribution is 5.94. The van der Waals surface area contributed by atoms with E-state index in [-0.39, 0.29) is 23.7 Å². The monoisotopic (exact) mass is 343 g/mol. The fraction of sp³-hybridized carbons (Fsp3) is 0.111.